The Morgan fingerprint density at radius 3 is 2.14 bits per heavy atom. The molecule has 0 saturated carbocycles. The molecule has 11 heteroatoms. The van der Waals surface area contributed by atoms with E-state index in [1.54, 1.807) is 49.6 Å². The van der Waals surface area contributed by atoms with Crippen LogP contribution in [0.3, 0.4) is 0 Å². The highest BCUT2D eigenvalue weighted by Gasteiger charge is 2.74. The number of fused-ring (bicyclic) bond motifs is 3. The van der Waals surface area contributed by atoms with Crippen LogP contribution in [0.2, 0.25) is 0 Å². The zero-order valence-electron chi connectivity index (χ0n) is 34.4. The van der Waals surface area contributed by atoms with Gasteiger partial charge in [0.25, 0.3) is 0 Å². The van der Waals surface area contributed by atoms with Gasteiger partial charge in [-0.1, -0.05) is 121 Å². The van der Waals surface area contributed by atoms with Crippen molar-refractivity contribution >= 4 is 23.5 Å². The number of methoxy groups -OCH3 is 1. The van der Waals surface area contributed by atoms with Gasteiger partial charge in [-0.3, -0.25) is 19.3 Å². The maximum atomic E-state index is 15.6. The molecule has 2 amide bonds. The highest BCUT2D eigenvalue weighted by Crippen LogP contribution is 2.65. The Morgan fingerprint density at radius 1 is 0.810 bits per heavy atom. The van der Waals surface area contributed by atoms with E-state index in [4.69, 9.17) is 14.2 Å². The number of carbonyl (C=O) groups excluding carboxylic acids is 3. The molecular weight excluding hydrogens is 795 g/mol. The second-order valence-electron chi connectivity index (χ2n) is 15.7. The van der Waals surface area contributed by atoms with Gasteiger partial charge >= 0.3 is 5.97 Å². The third kappa shape index (κ3) is 7.48. The summed E-state index contributed by atoms with van der Waals surface area (Å²) in [5, 5.41) is 27.4. The molecule has 0 aliphatic carbocycles. The van der Waals surface area contributed by atoms with Gasteiger partial charge in [0, 0.05) is 28.9 Å². The van der Waals surface area contributed by atoms with Crippen LogP contribution in [0.5, 0.6) is 11.5 Å². The number of cyclic esters (lactones) is 1. The number of para-hydroxylation sites is 1. The summed E-state index contributed by atoms with van der Waals surface area (Å²) in [6, 6.07) is 44.9. The number of carbonyl (C=O) groups is 3. The van der Waals surface area contributed by atoms with Crippen LogP contribution >= 0.6 is 0 Å². The smallest absolute Gasteiger partial charge is 0.324 e. The minimum absolute atomic E-state index is 0.0495. The molecule has 1 spiro atoms. The molecular formula is C52H45N3O8. The minimum Gasteiger partial charge on any atom is -0.497 e. The maximum absolute atomic E-state index is 15.6. The standard InChI is InChI=1S/C52H45N3O8/c1-61-38-26-23-33(24-27-38)21-22-34-25-28-41-40(31-34)52(51(60)54-41)44(49(58)53-32-42(57)35-13-5-2-6-14-35)46-50(59)63-47(37-17-9-4-10-18-37)45(36-15-7-3-8-16-36)55(46)48(52)39-19-11-12-20-43(39)62-30-29-56/h2-20,23-28,31,42,44-48,56-57H,29-30,32H2,1H3,(H,53,58)(H,54,60)/t42-,44-,45-,46-,47+,48+,52-/m0/s1. The number of esters is 1. The number of benzene rings is 6. The Bertz CT molecular complexity index is 2690. The molecule has 7 atom stereocenters. The third-order valence-corrected chi connectivity index (χ3v) is 12.2. The van der Waals surface area contributed by atoms with E-state index < -0.39 is 59.5 Å². The van der Waals surface area contributed by atoms with Crippen molar-refractivity contribution in [2.45, 2.75) is 35.7 Å². The van der Waals surface area contributed by atoms with E-state index in [1.165, 1.54) is 0 Å². The molecule has 63 heavy (non-hydrogen) atoms. The van der Waals surface area contributed by atoms with Crippen molar-refractivity contribution in [1.82, 2.24) is 10.2 Å². The Kier molecular flexibility index (Phi) is 11.5. The molecule has 0 bridgehead atoms. The van der Waals surface area contributed by atoms with E-state index in [1.807, 2.05) is 120 Å². The lowest BCUT2D eigenvalue weighted by Crippen LogP contribution is -2.55. The van der Waals surface area contributed by atoms with Crippen LogP contribution in [-0.2, 0) is 24.5 Å². The fourth-order valence-corrected chi connectivity index (χ4v) is 9.55. The maximum Gasteiger partial charge on any atom is 0.324 e. The van der Waals surface area contributed by atoms with Crippen molar-refractivity contribution in [3.63, 3.8) is 0 Å². The predicted molar refractivity (Wildman–Crippen MR) is 235 cm³/mol. The lowest BCUT2D eigenvalue weighted by molar-refractivity contribution is -0.178. The molecule has 0 radical (unpaired) electrons. The van der Waals surface area contributed by atoms with Crippen molar-refractivity contribution in [3.8, 4) is 23.3 Å². The highest BCUT2D eigenvalue weighted by atomic mass is 16.6. The van der Waals surface area contributed by atoms with E-state index in [2.05, 4.69) is 22.5 Å². The Balaban J connectivity index is 1.29. The Labute approximate surface area is 365 Å². The van der Waals surface area contributed by atoms with Gasteiger partial charge in [-0.2, -0.15) is 0 Å². The number of ether oxygens (including phenoxy) is 3. The van der Waals surface area contributed by atoms with Crippen molar-refractivity contribution in [2.75, 3.05) is 32.2 Å². The number of morpholine rings is 1. The molecule has 11 nitrogen and oxygen atoms in total. The minimum atomic E-state index is -1.82. The van der Waals surface area contributed by atoms with Gasteiger partial charge in [-0.05, 0) is 70.8 Å². The number of anilines is 1. The summed E-state index contributed by atoms with van der Waals surface area (Å²) in [5.41, 5.74) is 3.02. The fraction of sp³-hybridized carbons (Fsp3) is 0.212. The van der Waals surface area contributed by atoms with E-state index in [0.717, 1.165) is 16.7 Å². The highest BCUT2D eigenvalue weighted by molar-refractivity contribution is 6.12. The largest absolute Gasteiger partial charge is 0.497 e. The molecule has 3 aliphatic heterocycles. The van der Waals surface area contributed by atoms with Crippen molar-refractivity contribution in [1.29, 1.82) is 0 Å². The lowest BCUT2D eigenvalue weighted by Gasteiger charge is -2.46. The molecule has 3 heterocycles. The van der Waals surface area contributed by atoms with Gasteiger partial charge in [-0.15, -0.1) is 0 Å². The van der Waals surface area contributed by atoms with Gasteiger partial charge in [-0.25, -0.2) is 0 Å². The lowest BCUT2D eigenvalue weighted by atomic mass is 9.65. The second kappa shape index (κ2) is 17.6. The van der Waals surface area contributed by atoms with Gasteiger partial charge < -0.3 is 35.1 Å². The van der Waals surface area contributed by atoms with Gasteiger partial charge in [0.2, 0.25) is 11.8 Å². The third-order valence-electron chi connectivity index (χ3n) is 12.2. The molecule has 4 N–H and O–H groups in total. The van der Waals surface area contributed by atoms with E-state index >= 15 is 14.4 Å². The van der Waals surface area contributed by atoms with E-state index in [9.17, 15) is 10.2 Å². The molecule has 9 rings (SSSR count). The molecule has 3 aliphatic rings. The summed E-state index contributed by atoms with van der Waals surface area (Å²) >= 11 is 0. The summed E-state index contributed by atoms with van der Waals surface area (Å²) in [4.78, 5) is 48.2. The summed E-state index contributed by atoms with van der Waals surface area (Å²) in [7, 11) is 1.60. The summed E-state index contributed by atoms with van der Waals surface area (Å²) in [6.45, 7) is -0.527. The fourth-order valence-electron chi connectivity index (χ4n) is 9.55. The average molecular weight is 840 g/mol. The molecule has 0 unspecified atom stereocenters. The number of nitrogens with zero attached hydrogens (tertiary/aromatic N) is 1. The van der Waals surface area contributed by atoms with Crippen LogP contribution in [0.25, 0.3) is 0 Å². The average Bonchev–Trinajstić information content (AvgIpc) is 3.81. The number of rotatable bonds is 11. The zero-order chi connectivity index (χ0) is 43.5. The first-order valence-corrected chi connectivity index (χ1v) is 20.9. The molecule has 6 aromatic carbocycles. The Hall–Kier alpha value is -7.23. The van der Waals surface area contributed by atoms with Crippen LogP contribution in [0.15, 0.2) is 158 Å². The summed E-state index contributed by atoms with van der Waals surface area (Å²) in [6.07, 6.45) is -1.95. The van der Waals surface area contributed by atoms with Gasteiger partial charge in [0.15, 0.2) is 0 Å². The molecule has 2 saturated heterocycles. The summed E-state index contributed by atoms with van der Waals surface area (Å²) in [5.74, 6) is 4.30. The number of nitrogens with one attached hydrogen (secondary N) is 2. The first kappa shape index (κ1) is 41.1. The van der Waals surface area contributed by atoms with Crippen LogP contribution in [-0.4, -0.2) is 65.8 Å². The van der Waals surface area contributed by atoms with Crippen molar-refractivity contribution in [3.05, 3.63) is 197 Å². The molecule has 0 aromatic heterocycles. The monoisotopic (exact) mass is 839 g/mol. The SMILES string of the molecule is COc1ccc(C#Cc2ccc3c(c2)[C@]2(C(=O)N3)[C@H](C(=O)NC[C@H](O)c3ccccc3)[C@H]3C(=O)O[C@H](c4ccccc4)[C@H](c4ccccc4)N3[C@@H]2c2ccccc2OCCO)cc1. The van der Waals surface area contributed by atoms with Crippen LogP contribution in [0.4, 0.5) is 5.69 Å². The topological polar surface area (TPSA) is 147 Å². The van der Waals surface area contributed by atoms with Crippen LogP contribution in [0, 0.1) is 17.8 Å². The van der Waals surface area contributed by atoms with E-state index in [0.29, 0.717) is 39.4 Å². The normalized spacial score (nSPS) is 22.7. The van der Waals surface area contributed by atoms with Gasteiger partial charge in [0.1, 0.15) is 35.7 Å². The van der Waals surface area contributed by atoms with Crippen LogP contribution in [0.1, 0.15) is 63.2 Å². The molecule has 6 aromatic rings. The molecule has 2 fully saturated rings. The van der Waals surface area contributed by atoms with Crippen molar-refractivity contribution < 1.29 is 38.8 Å². The number of amides is 2. The summed E-state index contributed by atoms with van der Waals surface area (Å²) < 4.78 is 18.1. The van der Waals surface area contributed by atoms with E-state index in [-0.39, 0.29) is 19.8 Å². The van der Waals surface area contributed by atoms with Gasteiger partial charge in [0.05, 0.1) is 37.8 Å². The first-order chi connectivity index (χ1) is 30.8. The second-order valence-corrected chi connectivity index (χ2v) is 15.7. The van der Waals surface area contributed by atoms with Crippen LogP contribution < -0.4 is 20.1 Å². The number of hydrogen-bond donors (Lipinski definition) is 4. The van der Waals surface area contributed by atoms with Crippen molar-refractivity contribution in [2.24, 2.45) is 5.92 Å². The Morgan fingerprint density at radius 2 is 1.44 bits per heavy atom. The zero-order valence-corrected chi connectivity index (χ0v) is 34.4. The molecule has 316 valence electrons. The number of aliphatic hydroxyl groups excluding tert-OH is 2. The quantitative estimate of drug-likeness (QED) is 0.0839. The number of aliphatic hydroxyl groups is 2. The predicted octanol–water partition coefficient (Wildman–Crippen LogP) is 6.59. The number of hydrogen-bond acceptors (Lipinski definition) is 9. The first-order valence-electron chi connectivity index (χ1n) is 20.9.